The van der Waals surface area contributed by atoms with Crippen LogP contribution in [-0.4, -0.2) is 9.97 Å². The van der Waals surface area contributed by atoms with Gasteiger partial charge in [0.2, 0.25) is 0 Å². The van der Waals surface area contributed by atoms with Crippen molar-refractivity contribution in [3.63, 3.8) is 0 Å². The van der Waals surface area contributed by atoms with Gasteiger partial charge >= 0.3 is 0 Å². The normalized spacial score (nSPS) is 10.3. The van der Waals surface area contributed by atoms with Crippen LogP contribution in [0.25, 0.3) is 11.3 Å². The highest BCUT2D eigenvalue weighted by Gasteiger charge is 2.05. The predicted octanol–water partition coefficient (Wildman–Crippen LogP) is 3.17. The first-order valence-electron chi connectivity index (χ1n) is 3.80. The van der Waals surface area contributed by atoms with Gasteiger partial charge in [0.1, 0.15) is 5.15 Å². The van der Waals surface area contributed by atoms with Crippen molar-refractivity contribution in [2.24, 2.45) is 0 Å². The van der Waals surface area contributed by atoms with Gasteiger partial charge in [-0.2, -0.15) is 0 Å². The Morgan fingerprint density at radius 2 is 2.31 bits per heavy atom. The highest BCUT2D eigenvalue weighted by Crippen LogP contribution is 2.26. The third kappa shape index (κ3) is 1.71. The summed E-state index contributed by atoms with van der Waals surface area (Å²) in [6.45, 7) is 1.97. The van der Waals surface area contributed by atoms with Crippen molar-refractivity contribution in [3.05, 3.63) is 33.9 Å². The Balaban J connectivity index is 2.52. The van der Waals surface area contributed by atoms with Gasteiger partial charge in [-0.3, -0.25) is 0 Å². The third-order valence-electron chi connectivity index (χ3n) is 1.65. The molecule has 2 nitrogen and oxygen atoms in total. The molecule has 13 heavy (non-hydrogen) atoms. The minimum Gasteiger partial charge on any atom is -0.244 e. The molecule has 0 amide bonds. The molecule has 66 valence electrons. The molecule has 0 atom stereocenters. The van der Waals surface area contributed by atoms with Gasteiger partial charge in [-0.25, -0.2) is 9.97 Å². The van der Waals surface area contributed by atoms with Crippen molar-refractivity contribution in [1.29, 1.82) is 0 Å². The first kappa shape index (κ1) is 8.66. The SMILES string of the molecule is Cc1nc(-c2cccnc2Cl)cs1. The molecule has 2 aromatic heterocycles. The number of pyridine rings is 1. The number of halogens is 1. The van der Waals surface area contributed by atoms with Crippen LogP contribution in [0.15, 0.2) is 23.7 Å². The van der Waals surface area contributed by atoms with E-state index in [4.69, 9.17) is 11.6 Å². The molecular weight excluding hydrogens is 204 g/mol. The zero-order valence-corrected chi connectivity index (χ0v) is 8.56. The van der Waals surface area contributed by atoms with E-state index in [9.17, 15) is 0 Å². The first-order chi connectivity index (χ1) is 6.27. The molecular formula is C9H7ClN2S. The smallest absolute Gasteiger partial charge is 0.138 e. The minimum absolute atomic E-state index is 0.507. The number of hydrogen-bond acceptors (Lipinski definition) is 3. The second-order valence-electron chi connectivity index (χ2n) is 2.59. The van der Waals surface area contributed by atoms with E-state index in [0.717, 1.165) is 16.3 Å². The summed E-state index contributed by atoms with van der Waals surface area (Å²) in [5.41, 5.74) is 1.80. The zero-order chi connectivity index (χ0) is 9.26. The fraction of sp³-hybridized carbons (Fsp3) is 0.111. The summed E-state index contributed by atoms with van der Waals surface area (Å²) in [6, 6.07) is 3.78. The van der Waals surface area contributed by atoms with Crippen molar-refractivity contribution < 1.29 is 0 Å². The molecule has 2 rings (SSSR count). The highest BCUT2D eigenvalue weighted by molar-refractivity contribution is 7.09. The molecule has 0 saturated carbocycles. The van der Waals surface area contributed by atoms with E-state index in [1.807, 2.05) is 24.4 Å². The van der Waals surface area contributed by atoms with Gasteiger partial charge in [-0.05, 0) is 19.1 Å². The second kappa shape index (κ2) is 3.44. The summed E-state index contributed by atoms with van der Waals surface area (Å²) in [4.78, 5) is 8.33. The summed E-state index contributed by atoms with van der Waals surface area (Å²) in [6.07, 6.45) is 1.67. The summed E-state index contributed by atoms with van der Waals surface area (Å²) in [5, 5.41) is 3.53. The van der Waals surface area contributed by atoms with Gasteiger partial charge in [0, 0.05) is 17.1 Å². The third-order valence-corrected chi connectivity index (χ3v) is 2.73. The molecule has 0 saturated heterocycles. The van der Waals surface area contributed by atoms with Gasteiger partial charge in [0.15, 0.2) is 0 Å². The standard InChI is InChI=1S/C9H7ClN2S/c1-6-12-8(5-13-6)7-3-2-4-11-9(7)10/h2-5H,1H3. The molecule has 0 unspecified atom stereocenters. The molecule has 4 heteroatoms. The number of thiazole rings is 1. The Bertz CT molecular complexity index is 425. The molecule has 2 aromatic rings. The summed E-state index contributed by atoms with van der Waals surface area (Å²) >= 11 is 7.53. The first-order valence-corrected chi connectivity index (χ1v) is 5.06. The van der Waals surface area contributed by atoms with Crippen molar-refractivity contribution in [3.8, 4) is 11.3 Å². The Morgan fingerprint density at radius 3 is 2.92 bits per heavy atom. The lowest BCUT2D eigenvalue weighted by atomic mass is 10.2. The molecule has 0 aliphatic heterocycles. The lowest BCUT2D eigenvalue weighted by molar-refractivity contribution is 1.27. The number of aromatic nitrogens is 2. The van der Waals surface area contributed by atoms with Crippen LogP contribution in [0.2, 0.25) is 5.15 Å². The van der Waals surface area contributed by atoms with E-state index < -0.39 is 0 Å². The van der Waals surface area contributed by atoms with Crippen LogP contribution in [0.5, 0.6) is 0 Å². The summed E-state index contributed by atoms with van der Waals surface area (Å²) in [5.74, 6) is 0. The monoisotopic (exact) mass is 210 g/mol. The molecule has 0 aromatic carbocycles. The predicted molar refractivity (Wildman–Crippen MR) is 55.1 cm³/mol. The number of aryl methyl sites for hydroxylation is 1. The maximum absolute atomic E-state index is 5.92. The lowest BCUT2D eigenvalue weighted by Crippen LogP contribution is -1.82. The van der Waals surface area contributed by atoms with Crippen molar-refractivity contribution in [1.82, 2.24) is 9.97 Å². The molecule has 0 N–H and O–H groups in total. The molecule has 2 heterocycles. The fourth-order valence-electron chi connectivity index (χ4n) is 1.06. The lowest BCUT2D eigenvalue weighted by Gasteiger charge is -1.97. The quantitative estimate of drug-likeness (QED) is 0.676. The Hall–Kier alpha value is -0.930. The van der Waals surface area contributed by atoms with Crippen LogP contribution in [0.4, 0.5) is 0 Å². The molecule has 0 bridgehead atoms. The van der Waals surface area contributed by atoms with E-state index in [1.54, 1.807) is 17.5 Å². The average Bonchev–Trinajstić information content (AvgIpc) is 2.53. The minimum atomic E-state index is 0.507. The maximum Gasteiger partial charge on any atom is 0.138 e. The van der Waals surface area contributed by atoms with Crippen molar-refractivity contribution in [2.45, 2.75) is 6.92 Å². The molecule has 0 spiro atoms. The molecule has 0 radical (unpaired) electrons. The van der Waals surface area contributed by atoms with E-state index >= 15 is 0 Å². The van der Waals surface area contributed by atoms with E-state index in [1.165, 1.54) is 0 Å². The number of hydrogen-bond donors (Lipinski definition) is 0. The van der Waals surface area contributed by atoms with Crippen LogP contribution >= 0.6 is 22.9 Å². The molecule has 0 aliphatic carbocycles. The largest absolute Gasteiger partial charge is 0.244 e. The van der Waals surface area contributed by atoms with Gasteiger partial charge in [0.05, 0.1) is 10.7 Å². The van der Waals surface area contributed by atoms with Crippen molar-refractivity contribution in [2.75, 3.05) is 0 Å². The van der Waals surface area contributed by atoms with Crippen LogP contribution < -0.4 is 0 Å². The second-order valence-corrected chi connectivity index (χ2v) is 4.01. The van der Waals surface area contributed by atoms with E-state index in [2.05, 4.69) is 9.97 Å². The van der Waals surface area contributed by atoms with E-state index in [-0.39, 0.29) is 0 Å². The van der Waals surface area contributed by atoms with Crippen molar-refractivity contribution >= 4 is 22.9 Å². The van der Waals surface area contributed by atoms with Gasteiger partial charge in [-0.15, -0.1) is 11.3 Å². The number of rotatable bonds is 1. The molecule has 0 aliphatic rings. The van der Waals surface area contributed by atoms with Gasteiger partial charge < -0.3 is 0 Å². The highest BCUT2D eigenvalue weighted by atomic mass is 35.5. The van der Waals surface area contributed by atoms with Crippen LogP contribution in [-0.2, 0) is 0 Å². The van der Waals surface area contributed by atoms with Gasteiger partial charge in [-0.1, -0.05) is 11.6 Å². The van der Waals surface area contributed by atoms with Crippen LogP contribution in [0.3, 0.4) is 0 Å². The summed E-state index contributed by atoms with van der Waals surface area (Å²) in [7, 11) is 0. The van der Waals surface area contributed by atoms with Crippen LogP contribution in [0.1, 0.15) is 5.01 Å². The maximum atomic E-state index is 5.92. The van der Waals surface area contributed by atoms with Gasteiger partial charge in [0.25, 0.3) is 0 Å². The zero-order valence-electron chi connectivity index (χ0n) is 6.99. The topological polar surface area (TPSA) is 25.8 Å². The number of nitrogens with zero attached hydrogens (tertiary/aromatic N) is 2. The molecule has 0 fully saturated rings. The van der Waals surface area contributed by atoms with E-state index in [0.29, 0.717) is 5.15 Å². The van der Waals surface area contributed by atoms with Crippen LogP contribution in [0, 0.1) is 6.92 Å². The summed E-state index contributed by atoms with van der Waals surface area (Å²) < 4.78 is 0. The fourth-order valence-corrected chi connectivity index (χ4v) is 1.89. The Morgan fingerprint density at radius 1 is 1.46 bits per heavy atom. The average molecular weight is 211 g/mol. The Labute approximate surface area is 85.2 Å². The Kier molecular flexibility index (Phi) is 2.29.